The van der Waals surface area contributed by atoms with Crippen LogP contribution in [0.5, 0.6) is 0 Å². The summed E-state index contributed by atoms with van der Waals surface area (Å²) in [4.78, 5) is 1.88. The van der Waals surface area contributed by atoms with Crippen LogP contribution in [0.15, 0.2) is 65.8 Å². The first-order valence-electron chi connectivity index (χ1n) is 9.71. The minimum absolute atomic E-state index is 0.226. The fraction of sp³-hybridized carbons (Fsp3) is 0.200. The van der Waals surface area contributed by atoms with E-state index < -0.39 is 0 Å². The average Bonchev–Trinajstić information content (AvgIpc) is 2.78. The van der Waals surface area contributed by atoms with Crippen molar-refractivity contribution in [3.8, 4) is 12.1 Å². The molecule has 6 nitrogen and oxygen atoms in total. The lowest BCUT2D eigenvalue weighted by molar-refractivity contribution is 0.515. The summed E-state index contributed by atoms with van der Waals surface area (Å²) in [5, 5.41) is 32.5. The fourth-order valence-electron chi connectivity index (χ4n) is 2.76. The summed E-state index contributed by atoms with van der Waals surface area (Å²) in [5.74, 6) is 0.912. The zero-order chi connectivity index (χ0) is 23.0. The van der Waals surface area contributed by atoms with E-state index >= 15 is 0 Å². The van der Waals surface area contributed by atoms with E-state index in [0.717, 1.165) is 22.3 Å². The molecule has 0 aliphatic heterocycles. The van der Waals surface area contributed by atoms with Crippen molar-refractivity contribution in [3.63, 3.8) is 0 Å². The fourth-order valence-corrected chi connectivity index (χ4v) is 2.76. The molecule has 0 aliphatic carbocycles. The SMILES string of the molecule is C/C(=C\C(=N\N(C)C(=N)/C=C(\C)c1cccc(C#N)c1)N(C)C)c1ccc(C#N)cc1. The number of rotatable bonds is 5. The Labute approximate surface area is 184 Å². The Balaban J connectivity index is 2.26. The van der Waals surface area contributed by atoms with Crippen molar-refractivity contribution in [3.05, 3.63) is 82.9 Å². The lowest BCUT2D eigenvalue weighted by Gasteiger charge is -2.19. The molecular weight excluding hydrogens is 384 g/mol. The van der Waals surface area contributed by atoms with Gasteiger partial charge < -0.3 is 4.90 Å². The highest BCUT2D eigenvalue weighted by atomic mass is 15.5. The maximum atomic E-state index is 9.08. The Kier molecular flexibility index (Phi) is 7.88. The minimum Gasteiger partial charge on any atom is -0.361 e. The standard InChI is InChI=1S/C25H26N6/c1-18(23-8-6-7-21(15-23)17-27)13-24(28)31(5)29-25(30(3)4)14-19(2)22-11-9-20(16-26)10-12-22/h6-15,28H,1-5H3/b18-13+,19-14+,28-24?,29-25-. The summed E-state index contributed by atoms with van der Waals surface area (Å²) >= 11 is 0. The van der Waals surface area contributed by atoms with Crippen LogP contribution in [0.2, 0.25) is 0 Å². The predicted octanol–water partition coefficient (Wildman–Crippen LogP) is 4.72. The van der Waals surface area contributed by atoms with Gasteiger partial charge in [0.1, 0.15) is 11.7 Å². The maximum Gasteiger partial charge on any atom is 0.148 e. The summed E-state index contributed by atoms with van der Waals surface area (Å²) in [6, 6.07) is 18.9. The average molecular weight is 411 g/mol. The van der Waals surface area contributed by atoms with E-state index in [1.54, 1.807) is 37.4 Å². The van der Waals surface area contributed by atoms with Crippen molar-refractivity contribution in [1.82, 2.24) is 9.91 Å². The van der Waals surface area contributed by atoms with Crippen LogP contribution in [-0.4, -0.2) is 42.7 Å². The van der Waals surface area contributed by atoms with Crippen LogP contribution in [-0.2, 0) is 0 Å². The van der Waals surface area contributed by atoms with Gasteiger partial charge in [-0.15, -0.1) is 0 Å². The largest absolute Gasteiger partial charge is 0.361 e. The highest BCUT2D eigenvalue weighted by Crippen LogP contribution is 2.17. The van der Waals surface area contributed by atoms with Crippen LogP contribution >= 0.6 is 0 Å². The predicted molar refractivity (Wildman–Crippen MR) is 126 cm³/mol. The first-order valence-corrected chi connectivity index (χ1v) is 9.71. The second-order valence-electron chi connectivity index (χ2n) is 7.30. The highest BCUT2D eigenvalue weighted by molar-refractivity contribution is 6.01. The summed E-state index contributed by atoms with van der Waals surface area (Å²) in [6.07, 6.45) is 3.67. The zero-order valence-corrected chi connectivity index (χ0v) is 18.5. The van der Waals surface area contributed by atoms with E-state index in [4.69, 9.17) is 15.9 Å². The van der Waals surface area contributed by atoms with Gasteiger partial charge in [0, 0.05) is 21.1 Å². The van der Waals surface area contributed by atoms with Crippen molar-refractivity contribution in [2.24, 2.45) is 5.10 Å². The van der Waals surface area contributed by atoms with Gasteiger partial charge in [0.05, 0.1) is 23.3 Å². The molecule has 0 radical (unpaired) electrons. The van der Waals surface area contributed by atoms with Gasteiger partial charge >= 0.3 is 0 Å². The Morgan fingerprint density at radius 2 is 1.48 bits per heavy atom. The molecule has 0 aliphatic rings. The quantitative estimate of drug-likeness (QED) is 0.439. The number of likely N-dealkylation sites (N-methyl/N-ethyl adjacent to an activating group) is 2. The number of allylic oxidation sites excluding steroid dienone is 2. The summed E-state index contributed by atoms with van der Waals surface area (Å²) in [5.41, 5.74) is 4.97. The molecule has 0 fully saturated rings. The van der Waals surface area contributed by atoms with E-state index in [-0.39, 0.29) is 5.84 Å². The molecule has 0 bridgehead atoms. The normalized spacial score (nSPS) is 12.0. The van der Waals surface area contributed by atoms with Gasteiger partial charge in [-0.3, -0.25) is 5.41 Å². The Morgan fingerprint density at radius 3 is 2.06 bits per heavy atom. The minimum atomic E-state index is 0.226. The monoisotopic (exact) mass is 410 g/mol. The molecule has 156 valence electrons. The summed E-state index contributed by atoms with van der Waals surface area (Å²) in [6.45, 7) is 3.89. The van der Waals surface area contributed by atoms with E-state index in [1.807, 2.05) is 63.2 Å². The van der Waals surface area contributed by atoms with Crippen molar-refractivity contribution in [1.29, 1.82) is 15.9 Å². The molecule has 2 rings (SSSR count). The van der Waals surface area contributed by atoms with Crippen LogP contribution < -0.4 is 0 Å². The van der Waals surface area contributed by atoms with Crippen molar-refractivity contribution in [2.75, 3.05) is 21.1 Å². The number of nitrogens with one attached hydrogen (secondary N) is 1. The lowest BCUT2D eigenvalue weighted by Crippen LogP contribution is -2.27. The Hall–Kier alpha value is -4.16. The molecule has 2 aromatic carbocycles. The number of nitrogens with zero attached hydrogens (tertiary/aromatic N) is 5. The van der Waals surface area contributed by atoms with Gasteiger partial charge in [-0.25, -0.2) is 5.01 Å². The second kappa shape index (κ2) is 10.6. The van der Waals surface area contributed by atoms with Crippen molar-refractivity contribution in [2.45, 2.75) is 13.8 Å². The molecule has 0 saturated carbocycles. The van der Waals surface area contributed by atoms with Gasteiger partial charge in [-0.1, -0.05) is 24.3 Å². The van der Waals surface area contributed by atoms with Crippen molar-refractivity contribution < 1.29 is 0 Å². The van der Waals surface area contributed by atoms with E-state index in [0.29, 0.717) is 17.0 Å². The molecule has 0 unspecified atom stereocenters. The first-order chi connectivity index (χ1) is 14.7. The van der Waals surface area contributed by atoms with Gasteiger partial charge in [-0.05, 0) is 72.5 Å². The van der Waals surface area contributed by atoms with Gasteiger partial charge in [0.2, 0.25) is 0 Å². The van der Waals surface area contributed by atoms with Crippen molar-refractivity contribution >= 4 is 22.8 Å². The maximum absolute atomic E-state index is 9.08. The number of nitriles is 2. The van der Waals surface area contributed by atoms with Gasteiger partial charge in [-0.2, -0.15) is 15.6 Å². The molecule has 1 N–H and O–H groups in total. The molecule has 31 heavy (non-hydrogen) atoms. The molecule has 0 atom stereocenters. The molecular formula is C25H26N6. The lowest BCUT2D eigenvalue weighted by atomic mass is 10.0. The van der Waals surface area contributed by atoms with E-state index in [1.165, 1.54) is 5.01 Å². The molecule has 6 heteroatoms. The van der Waals surface area contributed by atoms with Crippen LogP contribution in [0.3, 0.4) is 0 Å². The van der Waals surface area contributed by atoms with Crippen LogP contribution in [0.4, 0.5) is 0 Å². The third-order valence-electron chi connectivity index (χ3n) is 4.67. The Bertz CT molecular complexity index is 1120. The van der Waals surface area contributed by atoms with Gasteiger partial charge in [0.15, 0.2) is 0 Å². The van der Waals surface area contributed by atoms with Crippen LogP contribution in [0.25, 0.3) is 11.1 Å². The Morgan fingerprint density at radius 1 is 0.871 bits per heavy atom. The highest BCUT2D eigenvalue weighted by Gasteiger charge is 2.07. The van der Waals surface area contributed by atoms with Gasteiger partial charge in [0.25, 0.3) is 0 Å². The second-order valence-corrected chi connectivity index (χ2v) is 7.30. The molecule has 0 aromatic heterocycles. The third kappa shape index (κ3) is 6.42. The topological polar surface area (TPSA) is 90.3 Å². The van der Waals surface area contributed by atoms with E-state index in [9.17, 15) is 0 Å². The van der Waals surface area contributed by atoms with Crippen LogP contribution in [0, 0.1) is 28.1 Å². The third-order valence-corrected chi connectivity index (χ3v) is 4.67. The van der Waals surface area contributed by atoms with Crippen LogP contribution in [0.1, 0.15) is 36.1 Å². The first kappa shape index (κ1) is 23.1. The zero-order valence-electron chi connectivity index (χ0n) is 18.5. The molecule has 0 saturated heterocycles. The molecule has 0 heterocycles. The number of amidine groups is 2. The number of hydrazone groups is 1. The molecule has 2 aromatic rings. The summed E-state index contributed by atoms with van der Waals surface area (Å²) in [7, 11) is 5.52. The molecule has 0 spiro atoms. The summed E-state index contributed by atoms with van der Waals surface area (Å²) < 4.78 is 0. The molecule has 0 amide bonds. The smallest absolute Gasteiger partial charge is 0.148 e. The number of hydrogen-bond donors (Lipinski definition) is 1. The number of benzene rings is 2. The number of hydrogen-bond acceptors (Lipinski definition) is 4. The van der Waals surface area contributed by atoms with E-state index in [2.05, 4.69) is 17.2 Å².